The summed E-state index contributed by atoms with van der Waals surface area (Å²) in [7, 11) is 0. The van der Waals surface area contributed by atoms with Gasteiger partial charge >= 0.3 is 0 Å². The number of furan rings is 1. The predicted octanol–water partition coefficient (Wildman–Crippen LogP) is 2.11. The lowest BCUT2D eigenvalue weighted by Crippen LogP contribution is -2.39. The van der Waals surface area contributed by atoms with Crippen molar-refractivity contribution >= 4 is 17.3 Å². The van der Waals surface area contributed by atoms with Crippen molar-refractivity contribution in [3.05, 3.63) is 47.9 Å². The van der Waals surface area contributed by atoms with E-state index in [0.717, 1.165) is 5.69 Å². The van der Waals surface area contributed by atoms with E-state index >= 15 is 0 Å². The average molecular weight is 253 g/mol. The summed E-state index contributed by atoms with van der Waals surface area (Å²) in [5.74, 6) is 0.669. The quantitative estimate of drug-likeness (QED) is 0.889. The first kappa shape index (κ1) is 11.4. The van der Waals surface area contributed by atoms with Crippen LogP contribution in [0.4, 0.5) is 11.4 Å². The van der Waals surface area contributed by atoms with Crippen LogP contribution < -0.4 is 10.2 Å². The number of nitrogens with zero attached hydrogens (tertiary/aromatic N) is 2. The lowest BCUT2D eigenvalue weighted by atomic mass is 10.1. The molecule has 1 aliphatic heterocycles. The van der Waals surface area contributed by atoms with E-state index in [-0.39, 0.29) is 12.5 Å². The van der Waals surface area contributed by atoms with E-state index in [4.69, 9.17) is 9.68 Å². The molecule has 5 heteroatoms. The summed E-state index contributed by atoms with van der Waals surface area (Å²) < 4.78 is 5.28. The van der Waals surface area contributed by atoms with E-state index in [1.165, 1.54) is 0 Å². The Kier molecular flexibility index (Phi) is 2.69. The van der Waals surface area contributed by atoms with Crippen molar-refractivity contribution in [1.29, 1.82) is 5.26 Å². The number of carbonyl (C=O) groups excluding carboxylic acids is 1. The highest BCUT2D eigenvalue weighted by atomic mass is 16.3. The molecule has 5 nitrogen and oxygen atoms in total. The Morgan fingerprint density at radius 1 is 1.42 bits per heavy atom. The first-order valence-electron chi connectivity index (χ1n) is 5.89. The van der Waals surface area contributed by atoms with Crippen LogP contribution in [-0.4, -0.2) is 12.5 Å². The smallest absolute Gasteiger partial charge is 0.246 e. The van der Waals surface area contributed by atoms with E-state index in [1.807, 2.05) is 12.1 Å². The summed E-state index contributed by atoms with van der Waals surface area (Å²) in [6.45, 7) is 0.620. The Labute approximate surface area is 110 Å². The number of hydrogen-bond acceptors (Lipinski definition) is 4. The normalized spacial score (nSPS) is 13.6. The number of anilines is 2. The maximum atomic E-state index is 12.0. The van der Waals surface area contributed by atoms with Crippen molar-refractivity contribution in [3.63, 3.8) is 0 Å². The third-order valence-corrected chi connectivity index (χ3v) is 3.04. The molecule has 3 rings (SSSR count). The lowest BCUT2D eigenvalue weighted by Gasteiger charge is -2.29. The van der Waals surface area contributed by atoms with Crippen LogP contribution in [-0.2, 0) is 11.3 Å². The van der Waals surface area contributed by atoms with Gasteiger partial charge in [-0.05, 0) is 30.3 Å². The van der Waals surface area contributed by atoms with Crippen LogP contribution in [0.3, 0.4) is 0 Å². The summed E-state index contributed by atoms with van der Waals surface area (Å²) >= 11 is 0. The maximum Gasteiger partial charge on any atom is 0.246 e. The van der Waals surface area contributed by atoms with Crippen LogP contribution in [0.2, 0.25) is 0 Å². The van der Waals surface area contributed by atoms with E-state index in [0.29, 0.717) is 23.6 Å². The van der Waals surface area contributed by atoms with Crippen molar-refractivity contribution < 1.29 is 9.21 Å². The molecule has 1 amide bonds. The molecule has 1 aliphatic rings. The van der Waals surface area contributed by atoms with Crippen LogP contribution in [0.25, 0.3) is 0 Å². The molecule has 0 radical (unpaired) electrons. The Balaban J connectivity index is 2.00. The highest BCUT2D eigenvalue weighted by Gasteiger charge is 2.24. The Hall–Kier alpha value is -2.74. The number of carbonyl (C=O) groups is 1. The molecule has 0 saturated carbocycles. The number of fused-ring (bicyclic) bond motifs is 1. The van der Waals surface area contributed by atoms with Gasteiger partial charge in [-0.25, -0.2) is 0 Å². The molecule has 0 fully saturated rings. The fourth-order valence-corrected chi connectivity index (χ4v) is 2.11. The van der Waals surface area contributed by atoms with E-state index < -0.39 is 0 Å². The number of hydrogen-bond donors (Lipinski definition) is 1. The zero-order valence-electron chi connectivity index (χ0n) is 10.1. The molecule has 0 aliphatic carbocycles. The molecular formula is C14H11N3O2. The molecule has 2 heterocycles. The summed E-state index contributed by atoms with van der Waals surface area (Å²) in [5, 5.41) is 12.0. The second-order valence-electron chi connectivity index (χ2n) is 4.26. The van der Waals surface area contributed by atoms with Gasteiger partial charge in [0.1, 0.15) is 5.76 Å². The number of nitriles is 1. The minimum atomic E-state index is -0.0426. The third-order valence-electron chi connectivity index (χ3n) is 3.04. The van der Waals surface area contributed by atoms with Gasteiger partial charge in [0.2, 0.25) is 5.91 Å². The molecule has 0 spiro atoms. The molecule has 0 bridgehead atoms. The first-order valence-corrected chi connectivity index (χ1v) is 5.89. The van der Waals surface area contributed by atoms with Crippen LogP contribution in [0.5, 0.6) is 0 Å². The molecular weight excluding hydrogens is 242 g/mol. The zero-order valence-corrected chi connectivity index (χ0v) is 10.1. The predicted molar refractivity (Wildman–Crippen MR) is 69.5 cm³/mol. The van der Waals surface area contributed by atoms with Crippen molar-refractivity contribution in [1.82, 2.24) is 0 Å². The highest BCUT2D eigenvalue weighted by molar-refractivity contribution is 6.02. The van der Waals surface area contributed by atoms with Crippen molar-refractivity contribution in [2.24, 2.45) is 0 Å². The summed E-state index contributed by atoms with van der Waals surface area (Å²) in [6, 6.07) is 10.9. The fraction of sp³-hybridized carbons (Fsp3) is 0.143. The standard InChI is InChI=1S/C14H11N3O2/c15-7-10-3-4-12-13(6-10)17(14(18)8-16-12)9-11-2-1-5-19-11/h1-6,16H,8-9H2. The van der Waals surface area contributed by atoms with Gasteiger partial charge in [-0.1, -0.05) is 0 Å². The van der Waals surface area contributed by atoms with Gasteiger partial charge in [0.15, 0.2) is 0 Å². The number of nitrogens with one attached hydrogen (secondary N) is 1. The van der Waals surface area contributed by atoms with Gasteiger partial charge in [0.05, 0.1) is 42.4 Å². The van der Waals surface area contributed by atoms with Gasteiger partial charge < -0.3 is 14.6 Å². The molecule has 1 aromatic heterocycles. The largest absolute Gasteiger partial charge is 0.467 e. The molecule has 2 aromatic rings. The van der Waals surface area contributed by atoms with Gasteiger partial charge in [0.25, 0.3) is 0 Å². The molecule has 1 N–H and O–H groups in total. The van der Waals surface area contributed by atoms with Crippen molar-refractivity contribution in [3.8, 4) is 6.07 Å². The Morgan fingerprint density at radius 2 is 2.32 bits per heavy atom. The van der Waals surface area contributed by atoms with E-state index in [9.17, 15) is 4.79 Å². The van der Waals surface area contributed by atoms with Gasteiger partial charge in [-0.2, -0.15) is 5.26 Å². The zero-order chi connectivity index (χ0) is 13.2. The molecule has 1 aromatic carbocycles. The monoisotopic (exact) mass is 253 g/mol. The topological polar surface area (TPSA) is 69.3 Å². The van der Waals surface area contributed by atoms with Crippen molar-refractivity contribution in [2.45, 2.75) is 6.54 Å². The minimum Gasteiger partial charge on any atom is -0.467 e. The van der Waals surface area contributed by atoms with Crippen LogP contribution in [0.1, 0.15) is 11.3 Å². The van der Waals surface area contributed by atoms with Gasteiger partial charge in [-0.3, -0.25) is 4.79 Å². The van der Waals surface area contributed by atoms with Gasteiger partial charge in [-0.15, -0.1) is 0 Å². The van der Waals surface area contributed by atoms with Crippen LogP contribution in [0.15, 0.2) is 41.0 Å². The molecule has 94 valence electrons. The molecule has 0 saturated heterocycles. The number of benzene rings is 1. The summed E-state index contributed by atoms with van der Waals surface area (Å²) in [5.41, 5.74) is 2.09. The maximum absolute atomic E-state index is 12.0. The molecule has 0 atom stereocenters. The number of rotatable bonds is 2. The van der Waals surface area contributed by atoms with Crippen LogP contribution >= 0.6 is 0 Å². The number of amides is 1. The Bertz CT molecular complexity index is 656. The minimum absolute atomic E-state index is 0.0426. The SMILES string of the molecule is N#Cc1ccc2c(c1)N(Cc1ccco1)C(=O)CN2. The summed E-state index contributed by atoms with van der Waals surface area (Å²) in [6.07, 6.45) is 1.58. The third kappa shape index (κ3) is 2.04. The fourth-order valence-electron chi connectivity index (χ4n) is 2.11. The van der Waals surface area contributed by atoms with E-state index in [1.54, 1.807) is 29.4 Å². The van der Waals surface area contributed by atoms with Gasteiger partial charge in [0, 0.05) is 0 Å². The highest BCUT2D eigenvalue weighted by Crippen LogP contribution is 2.31. The lowest BCUT2D eigenvalue weighted by molar-refractivity contribution is -0.117. The molecule has 0 unspecified atom stereocenters. The van der Waals surface area contributed by atoms with E-state index in [2.05, 4.69) is 11.4 Å². The van der Waals surface area contributed by atoms with Crippen molar-refractivity contribution in [2.75, 3.05) is 16.8 Å². The average Bonchev–Trinajstić information content (AvgIpc) is 2.94. The Morgan fingerprint density at radius 3 is 3.05 bits per heavy atom. The van der Waals surface area contributed by atoms with Crippen LogP contribution in [0, 0.1) is 11.3 Å². The summed E-state index contributed by atoms with van der Waals surface area (Å²) in [4.78, 5) is 13.7. The first-order chi connectivity index (χ1) is 9.28. The molecule has 19 heavy (non-hydrogen) atoms. The second kappa shape index (κ2) is 4.50. The second-order valence-corrected chi connectivity index (χ2v) is 4.26.